The van der Waals surface area contributed by atoms with Crippen molar-refractivity contribution in [2.45, 2.75) is 12.8 Å². The second-order valence-corrected chi connectivity index (χ2v) is 11.3. The van der Waals surface area contributed by atoms with Gasteiger partial charge in [-0.15, -0.1) is 0 Å². The molecule has 3 heterocycles. The van der Waals surface area contributed by atoms with Crippen molar-refractivity contribution >= 4 is 39.8 Å². The number of anilines is 3. The summed E-state index contributed by atoms with van der Waals surface area (Å²) >= 11 is 0. The fraction of sp³-hybridized carbons (Fsp3) is 0.200. The molecule has 2 aliphatic rings. The first-order chi connectivity index (χ1) is 22.4. The summed E-state index contributed by atoms with van der Waals surface area (Å²) in [5, 5.41) is 5.90. The Morgan fingerprint density at radius 2 is 1.50 bits per heavy atom. The van der Waals surface area contributed by atoms with Crippen LogP contribution in [0, 0.1) is 17.0 Å². The van der Waals surface area contributed by atoms with Gasteiger partial charge in [-0.25, -0.2) is 8.78 Å². The summed E-state index contributed by atoms with van der Waals surface area (Å²) < 4.78 is 39.8. The molecule has 1 saturated heterocycles. The van der Waals surface area contributed by atoms with E-state index in [1.807, 2.05) is 18.2 Å². The monoisotopic (exact) mass is 621 g/mol. The first kappa shape index (κ1) is 29.3. The molecule has 9 nitrogen and oxygen atoms in total. The van der Waals surface area contributed by atoms with Gasteiger partial charge < -0.3 is 25.0 Å². The molecular weight excluding hydrogens is 592 g/mol. The van der Waals surface area contributed by atoms with Crippen LogP contribution in [0.4, 0.5) is 25.8 Å². The van der Waals surface area contributed by atoms with Crippen LogP contribution in [0.3, 0.4) is 0 Å². The van der Waals surface area contributed by atoms with Crippen molar-refractivity contribution < 1.29 is 27.8 Å². The summed E-state index contributed by atoms with van der Waals surface area (Å²) in [5.74, 6) is -1.86. The number of hydrogen-bond donors (Lipinski definition) is 2. The van der Waals surface area contributed by atoms with Crippen molar-refractivity contribution in [1.29, 1.82) is 0 Å². The zero-order chi connectivity index (χ0) is 31.7. The smallest absolute Gasteiger partial charge is 0.240 e. The highest BCUT2D eigenvalue weighted by atomic mass is 19.1. The van der Waals surface area contributed by atoms with Crippen molar-refractivity contribution in [2.75, 3.05) is 41.8 Å². The van der Waals surface area contributed by atoms with Crippen molar-refractivity contribution in [1.82, 2.24) is 9.97 Å². The number of aromatic nitrogens is 2. The molecule has 2 fully saturated rings. The third-order valence-electron chi connectivity index (χ3n) is 8.26. The van der Waals surface area contributed by atoms with Crippen LogP contribution in [-0.4, -0.2) is 48.1 Å². The molecule has 0 unspecified atom stereocenters. The molecule has 0 spiro atoms. The zero-order valence-corrected chi connectivity index (χ0v) is 24.6. The van der Waals surface area contributed by atoms with Gasteiger partial charge in [0.1, 0.15) is 17.0 Å². The van der Waals surface area contributed by atoms with E-state index >= 15 is 4.39 Å². The number of pyridine rings is 2. The normalized spacial score (nSPS) is 15.3. The Hall–Kier alpha value is -5.42. The number of morpholine rings is 1. The highest BCUT2D eigenvalue weighted by molar-refractivity contribution is 6.16. The molecular formula is C35H29F2N5O4. The number of amides is 2. The number of fused-ring (bicyclic) bond motifs is 1. The Morgan fingerprint density at radius 1 is 0.804 bits per heavy atom. The fourth-order valence-corrected chi connectivity index (χ4v) is 5.42. The molecule has 2 aromatic heterocycles. The lowest BCUT2D eigenvalue weighted by molar-refractivity contribution is -0.131. The minimum atomic E-state index is -1.27. The van der Waals surface area contributed by atoms with E-state index in [2.05, 4.69) is 37.6 Å². The zero-order valence-electron chi connectivity index (χ0n) is 24.6. The molecule has 1 aliphatic carbocycles. The lowest BCUT2D eigenvalue weighted by Gasteiger charge is -2.28. The van der Waals surface area contributed by atoms with Crippen molar-refractivity contribution in [2.24, 2.45) is 5.41 Å². The van der Waals surface area contributed by atoms with Gasteiger partial charge in [0.05, 0.1) is 29.8 Å². The standard InChI is InChI=1S/C35H29F2N5O4/c36-23-3-5-24(6-4-23)40-33(43)35(12-13-35)34(44)41-25-7-10-32(28(37)19-25)46-31-11-14-38-30-20-29(39-21-27(30)31)22-1-8-26(9-2-22)42-15-17-45-18-16-42/h1-11,14,19-21H,12-13,15-18H2,(H,40,43)(H,41,44). The number of carbonyl (C=O) groups excluding carboxylic acids is 2. The summed E-state index contributed by atoms with van der Waals surface area (Å²) in [6.07, 6.45) is 3.93. The minimum absolute atomic E-state index is 0.0523. The van der Waals surface area contributed by atoms with E-state index in [9.17, 15) is 14.0 Å². The molecule has 0 bridgehead atoms. The van der Waals surface area contributed by atoms with Crippen LogP contribution in [0.2, 0.25) is 0 Å². The van der Waals surface area contributed by atoms with Gasteiger partial charge in [-0.1, -0.05) is 12.1 Å². The average molecular weight is 622 g/mol. The highest BCUT2D eigenvalue weighted by Crippen LogP contribution is 2.47. The van der Waals surface area contributed by atoms with Crippen LogP contribution >= 0.6 is 0 Å². The number of nitrogens with zero attached hydrogens (tertiary/aromatic N) is 3. The molecule has 232 valence electrons. The first-order valence-corrected chi connectivity index (χ1v) is 14.9. The number of rotatable bonds is 8. The third-order valence-corrected chi connectivity index (χ3v) is 8.26. The second-order valence-electron chi connectivity index (χ2n) is 11.3. The van der Waals surface area contributed by atoms with Gasteiger partial charge in [0.25, 0.3) is 0 Å². The van der Waals surface area contributed by atoms with Crippen LogP contribution in [0.1, 0.15) is 12.8 Å². The molecule has 11 heteroatoms. The third kappa shape index (κ3) is 5.96. The van der Waals surface area contributed by atoms with E-state index in [1.165, 1.54) is 36.4 Å². The fourth-order valence-electron chi connectivity index (χ4n) is 5.42. The van der Waals surface area contributed by atoms with E-state index in [4.69, 9.17) is 9.47 Å². The van der Waals surface area contributed by atoms with Crippen molar-refractivity contribution in [3.05, 3.63) is 103 Å². The Bertz CT molecular complexity index is 1930. The van der Waals surface area contributed by atoms with E-state index < -0.39 is 28.9 Å². The molecule has 0 atom stereocenters. The highest BCUT2D eigenvalue weighted by Gasteiger charge is 2.56. The van der Waals surface area contributed by atoms with Gasteiger partial charge in [-0.3, -0.25) is 19.6 Å². The van der Waals surface area contributed by atoms with E-state index in [0.717, 1.165) is 49.3 Å². The number of hydrogen-bond acceptors (Lipinski definition) is 7. The maximum Gasteiger partial charge on any atom is 0.240 e. The topological polar surface area (TPSA) is 106 Å². The molecule has 1 aliphatic heterocycles. The van der Waals surface area contributed by atoms with Crippen molar-refractivity contribution in [3.8, 4) is 22.8 Å². The largest absolute Gasteiger partial charge is 0.453 e. The lowest BCUT2D eigenvalue weighted by atomic mass is 10.0. The van der Waals surface area contributed by atoms with Gasteiger partial charge in [-0.05, 0) is 73.5 Å². The van der Waals surface area contributed by atoms with Crippen LogP contribution in [-0.2, 0) is 14.3 Å². The van der Waals surface area contributed by atoms with Gasteiger partial charge in [0.15, 0.2) is 11.6 Å². The van der Waals surface area contributed by atoms with Gasteiger partial charge in [0, 0.05) is 54.2 Å². The number of halogens is 2. The predicted molar refractivity (Wildman–Crippen MR) is 170 cm³/mol. The summed E-state index contributed by atoms with van der Waals surface area (Å²) in [4.78, 5) is 37.2. The molecule has 1 saturated carbocycles. The Balaban J connectivity index is 1.03. The number of ether oxygens (including phenoxy) is 2. The van der Waals surface area contributed by atoms with Crippen molar-refractivity contribution in [3.63, 3.8) is 0 Å². The maximum absolute atomic E-state index is 15.2. The molecule has 5 aromatic rings. The lowest BCUT2D eigenvalue weighted by Crippen LogP contribution is -2.36. The van der Waals surface area contributed by atoms with Crippen LogP contribution < -0.4 is 20.3 Å². The molecule has 3 aromatic carbocycles. The Morgan fingerprint density at radius 3 is 2.20 bits per heavy atom. The van der Waals surface area contributed by atoms with E-state index in [-0.39, 0.29) is 11.4 Å². The van der Waals surface area contributed by atoms with Gasteiger partial charge in [-0.2, -0.15) is 0 Å². The Kier molecular flexibility index (Phi) is 7.75. The average Bonchev–Trinajstić information content (AvgIpc) is 3.90. The van der Waals surface area contributed by atoms with Crippen LogP contribution in [0.15, 0.2) is 91.3 Å². The Labute approximate surface area is 263 Å². The summed E-state index contributed by atoms with van der Waals surface area (Å²) in [6.45, 7) is 3.16. The number of nitrogens with one attached hydrogen (secondary N) is 2. The molecule has 2 N–H and O–H groups in total. The quantitative estimate of drug-likeness (QED) is 0.189. The SMILES string of the molecule is O=C(Nc1ccc(F)cc1)C1(C(=O)Nc2ccc(Oc3ccnc4cc(-c5ccc(N6CCOCC6)cc5)ncc34)c(F)c2)CC1. The molecule has 46 heavy (non-hydrogen) atoms. The van der Waals surface area contributed by atoms with Gasteiger partial charge in [0.2, 0.25) is 11.8 Å². The van der Waals surface area contributed by atoms with Gasteiger partial charge >= 0.3 is 0 Å². The first-order valence-electron chi connectivity index (χ1n) is 14.9. The van der Waals surface area contributed by atoms with E-state index in [0.29, 0.717) is 35.2 Å². The number of benzene rings is 3. The maximum atomic E-state index is 15.2. The summed E-state index contributed by atoms with van der Waals surface area (Å²) in [7, 11) is 0. The van der Waals surface area contributed by atoms with E-state index in [1.54, 1.807) is 18.5 Å². The minimum Gasteiger partial charge on any atom is -0.453 e. The summed E-state index contributed by atoms with van der Waals surface area (Å²) in [6, 6.07) is 21.0. The number of carbonyl (C=O) groups is 2. The summed E-state index contributed by atoms with van der Waals surface area (Å²) in [5.41, 5.74) is 2.75. The second kappa shape index (κ2) is 12.2. The molecule has 7 rings (SSSR count). The predicted octanol–water partition coefficient (Wildman–Crippen LogP) is 6.56. The molecule has 0 radical (unpaired) electrons. The molecule has 2 amide bonds. The van der Waals surface area contributed by atoms with Crippen LogP contribution in [0.5, 0.6) is 11.5 Å². The van der Waals surface area contributed by atoms with Crippen LogP contribution in [0.25, 0.3) is 22.2 Å².